The molecule has 1 heterocycles. The Balaban J connectivity index is 1.38. The fourth-order valence-corrected chi connectivity index (χ4v) is 7.95. The molecule has 4 saturated carbocycles. The minimum absolute atomic E-state index is 0.0324. The molecule has 0 aromatic carbocycles. The molecular formula is C22H32O3. The van der Waals surface area contributed by atoms with Gasteiger partial charge in [-0.15, -0.1) is 0 Å². The third-order valence-corrected chi connectivity index (χ3v) is 9.22. The summed E-state index contributed by atoms with van der Waals surface area (Å²) in [7, 11) is 0. The number of carbonyl (C=O) groups excluding carboxylic acids is 1. The largest absolute Gasteiger partial charge is 0.455 e. The molecule has 8 unspecified atom stereocenters. The summed E-state index contributed by atoms with van der Waals surface area (Å²) < 4.78 is 5.84. The smallest absolute Gasteiger partial charge is 0.334 e. The van der Waals surface area contributed by atoms with Crippen molar-refractivity contribution in [2.75, 3.05) is 0 Å². The van der Waals surface area contributed by atoms with Gasteiger partial charge in [-0.1, -0.05) is 13.5 Å². The van der Waals surface area contributed by atoms with Gasteiger partial charge in [-0.2, -0.15) is 0 Å². The first-order valence-electron chi connectivity index (χ1n) is 10.5. The van der Waals surface area contributed by atoms with E-state index >= 15 is 0 Å². The van der Waals surface area contributed by atoms with Crippen LogP contribution in [-0.2, 0) is 9.53 Å². The second kappa shape index (κ2) is 5.34. The Bertz CT molecular complexity index is 594. The molecule has 0 bridgehead atoms. The van der Waals surface area contributed by atoms with E-state index in [1.807, 2.05) is 0 Å². The van der Waals surface area contributed by atoms with Crippen LogP contribution in [-0.4, -0.2) is 22.8 Å². The SMILES string of the molecule is C=C1CC2(CCC3(C)C(CCC4C5CCC(O)C5CCC43)C2)OC1=O. The summed E-state index contributed by atoms with van der Waals surface area (Å²) in [6, 6.07) is 0. The highest BCUT2D eigenvalue weighted by atomic mass is 16.6. The van der Waals surface area contributed by atoms with Gasteiger partial charge in [0.05, 0.1) is 6.10 Å². The van der Waals surface area contributed by atoms with Crippen molar-refractivity contribution in [3.63, 3.8) is 0 Å². The van der Waals surface area contributed by atoms with Crippen LogP contribution in [0.15, 0.2) is 12.2 Å². The van der Waals surface area contributed by atoms with E-state index in [2.05, 4.69) is 13.5 Å². The number of aliphatic hydroxyl groups is 1. The monoisotopic (exact) mass is 344 g/mol. The molecule has 138 valence electrons. The highest BCUT2D eigenvalue weighted by Crippen LogP contribution is 2.65. The lowest BCUT2D eigenvalue weighted by molar-refractivity contribution is -0.166. The van der Waals surface area contributed by atoms with Crippen molar-refractivity contribution in [3.8, 4) is 0 Å². The average molecular weight is 344 g/mol. The molecule has 1 saturated heterocycles. The maximum absolute atomic E-state index is 11.9. The Labute approximate surface area is 151 Å². The molecule has 1 spiro atoms. The average Bonchev–Trinajstić information content (AvgIpc) is 3.09. The molecule has 25 heavy (non-hydrogen) atoms. The third-order valence-electron chi connectivity index (χ3n) is 9.22. The van der Waals surface area contributed by atoms with Crippen molar-refractivity contribution < 1.29 is 14.6 Å². The highest BCUT2D eigenvalue weighted by Gasteiger charge is 2.60. The number of carbonyl (C=O) groups is 1. The van der Waals surface area contributed by atoms with Crippen LogP contribution in [0, 0.1) is 35.0 Å². The van der Waals surface area contributed by atoms with Crippen LogP contribution in [0.2, 0.25) is 0 Å². The molecular weight excluding hydrogens is 312 g/mol. The lowest BCUT2D eigenvalue weighted by atomic mass is 9.46. The molecule has 5 fully saturated rings. The zero-order valence-electron chi connectivity index (χ0n) is 15.5. The second-order valence-corrected chi connectivity index (χ2v) is 10.2. The van der Waals surface area contributed by atoms with E-state index in [1.165, 1.54) is 38.5 Å². The predicted molar refractivity (Wildman–Crippen MR) is 95.7 cm³/mol. The number of hydrogen-bond acceptors (Lipinski definition) is 3. The van der Waals surface area contributed by atoms with Crippen molar-refractivity contribution in [3.05, 3.63) is 12.2 Å². The van der Waals surface area contributed by atoms with E-state index in [0.29, 0.717) is 22.8 Å². The lowest BCUT2D eigenvalue weighted by Crippen LogP contribution is -2.54. The molecule has 4 aliphatic carbocycles. The summed E-state index contributed by atoms with van der Waals surface area (Å²) in [5.41, 5.74) is 0.854. The molecule has 1 aliphatic heterocycles. The van der Waals surface area contributed by atoms with Crippen molar-refractivity contribution in [1.82, 2.24) is 0 Å². The molecule has 0 amide bonds. The van der Waals surface area contributed by atoms with E-state index < -0.39 is 0 Å². The van der Waals surface area contributed by atoms with Crippen molar-refractivity contribution >= 4 is 5.97 Å². The van der Waals surface area contributed by atoms with Crippen molar-refractivity contribution in [1.29, 1.82) is 0 Å². The van der Waals surface area contributed by atoms with E-state index in [1.54, 1.807) is 0 Å². The van der Waals surface area contributed by atoms with Crippen LogP contribution >= 0.6 is 0 Å². The van der Waals surface area contributed by atoms with Gasteiger partial charge in [0.1, 0.15) is 5.60 Å². The topological polar surface area (TPSA) is 46.5 Å². The van der Waals surface area contributed by atoms with Crippen LogP contribution in [0.1, 0.15) is 71.1 Å². The van der Waals surface area contributed by atoms with Crippen molar-refractivity contribution in [2.24, 2.45) is 35.0 Å². The minimum Gasteiger partial charge on any atom is -0.455 e. The second-order valence-electron chi connectivity index (χ2n) is 10.2. The number of rotatable bonds is 0. The fourth-order valence-electron chi connectivity index (χ4n) is 7.95. The maximum Gasteiger partial charge on any atom is 0.334 e. The maximum atomic E-state index is 11.9. The van der Waals surface area contributed by atoms with E-state index in [9.17, 15) is 9.90 Å². The summed E-state index contributed by atoms with van der Waals surface area (Å²) in [5, 5.41) is 10.3. The molecule has 3 heteroatoms. The first kappa shape index (κ1) is 16.4. The number of esters is 1. The van der Waals surface area contributed by atoms with Crippen LogP contribution in [0.3, 0.4) is 0 Å². The molecule has 5 aliphatic rings. The molecule has 0 aromatic rings. The van der Waals surface area contributed by atoms with E-state index in [-0.39, 0.29) is 17.7 Å². The van der Waals surface area contributed by atoms with Gasteiger partial charge in [-0.25, -0.2) is 4.79 Å². The minimum atomic E-state index is -0.230. The molecule has 0 radical (unpaired) electrons. The Morgan fingerprint density at radius 3 is 2.56 bits per heavy atom. The van der Waals surface area contributed by atoms with Gasteiger partial charge in [0, 0.05) is 12.0 Å². The summed E-state index contributed by atoms with van der Waals surface area (Å²) in [6.07, 6.45) is 11.4. The van der Waals surface area contributed by atoms with Crippen molar-refractivity contribution in [2.45, 2.75) is 82.8 Å². The van der Waals surface area contributed by atoms with Gasteiger partial charge >= 0.3 is 5.97 Å². The summed E-state index contributed by atoms with van der Waals surface area (Å²) in [5.74, 6) is 3.52. The lowest BCUT2D eigenvalue weighted by Gasteiger charge is -2.60. The molecule has 8 atom stereocenters. The quantitative estimate of drug-likeness (QED) is 0.528. The summed E-state index contributed by atoms with van der Waals surface area (Å²) >= 11 is 0. The van der Waals surface area contributed by atoms with Gasteiger partial charge in [0.25, 0.3) is 0 Å². The third kappa shape index (κ3) is 2.23. The van der Waals surface area contributed by atoms with Gasteiger partial charge in [0.2, 0.25) is 0 Å². The van der Waals surface area contributed by atoms with Crippen LogP contribution in [0.5, 0.6) is 0 Å². The fraction of sp³-hybridized carbons (Fsp3) is 0.864. The Hall–Kier alpha value is -0.830. The van der Waals surface area contributed by atoms with Crippen LogP contribution in [0.4, 0.5) is 0 Å². The molecule has 3 nitrogen and oxygen atoms in total. The summed E-state index contributed by atoms with van der Waals surface area (Å²) in [4.78, 5) is 11.9. The van der Waals surface area contributed by atoms with Gasteiger partial charge in [0.15, 0.2) is 0 Å². The number of fused-ring (bicyclic) bond motifs is 5. The first-order valence-corrected chi connectivity index (χ1v) is 10.5. The predicted octanol–water partition coefficient (Wildman–Crippen LogP) is 4.24. The Kier molecular flexibility index (Phi) is 3.49. The number of hydrogen-bond donors (Lipinski definition) is 1. The van der Waals surface area contributed by atoms with Gasteiger partial charge in [-0.05, 0) is 92.8 Å². The zero-order valence-corrected chi connectivity index (χ0v) is 15.5. The van der Waals surface area contributed by atoms with E-state index in [0.717, 1.165) is 43.4 Å². The standard InChI is InChI=1S/C22H32O3/c1-13-11-22(25-20(13)24)10-9-21(2)14(12-22)3-4-16-15-6-8-19(23)17(15)5-7-18(16)21/h14-19,23H,1,3-12H2,2H3. The van der Waals surface area contributed by atoms with Crippen LogP contribution in [0.25, 0.3) is 0 Å². The molecule has 1 N–H and O–H groups in total. The molecule has 5 rings (SSSR count). The first-order chi connectivity index (χ1) is 11.9. The Morgan fingerprint density at radius 1 is 1.04 bits per heavy atom. The number of ether oxygens (including phenoxy) is 1. The zero-order chi connectivity index (χ0) is 17.4. The summed E-state index contributed by atoms with van der Waals surface area (Å²) in [6.45, 7) is 6.46. The van der Waals surface area contributed by atoms with Crippen LogP contribution < -0.4 is 0 Å². The highest BCUT2D eigenvalue weighted by molar-refractivity contribution is 5.90. The normalized spacial score (nSPS) is 54.8. The van der Waals surface area contributed by atoms with E-state index in [4.69, 9.17) is 4.74 Å². The number of aliphatic hydroxyl groups excluding tert-OH is 1. The van der Waals surface area contributed by atoms with Gasteiger partial charge < -0.3 is 9.84 Å². The van der Waals surface area contributed by atoms with Gasteiger partial charge in [-0.3, -0.25) is 0 Å². The molecule has 0 aromatic heterocycles. The Morgan fingerprint density at radius 2 is 1.80 bits per heavy atom.